The van der Waals surface area contributed by atoms with Crippen molar-refractivity contribution in [3.8, 4) is 0 Å². The molecule has 0 fully saturated rings. The number of benzene rings is 1. The molecule has 4 nitrogen and oxygen atoms in total. The Morgan fingerprint density at radius 1 is 1.39 bits per heavy atom. The van der Waals surface area contributed by atoms with Gasteiger partial charge in [-0.25, -0.2) is 9.37 Å². The molecule has 2 N–H and O–H groups in total. The number of aliphatic carboxylic acids is 1. The van der Waals surface area contributed by atoms with Crippen molar-refractivity contribution < 1.29 is 14.3 Å². The number of hydrogen-bond donors (Lipinski definition) is 2. The molecule has 0 spiro atoms. The summed E-state index contributed by atoms with van der Waals surface area (Å²) in [4.78, 5) is 14.7. The van der Waals surface area contributed by atoms with Crippen molar-refractivity contribution in [2.24, 2.45) is 0 Å². The van der Waals surface area contributed by atoms with Gasteiger partial charge in [0.15, 0.2) is 0 Å². The number of carboxylic acid groups (broad SMARTS) is 1. The number of nitrogens with zero attached hydrogens (tertiary/aromatic N) is 1. The SMILES string of the molecule is O=C(O)Cc1csc(CNc2ccc(F)cc2)n1. The summed E-state index contributed by atoms with van der Waals surface area (Å²) in [7, 11) is 0. The number of rotatable bonds is 5. The Bertz CT molecular complexity index is 539. The monoisotopic (exact) mass is 266 g/mol. The van der Waals surface area contributed by atoms with E-state index < -0.39 is 5.97 Å². The second-order valence-corrected chi connectivity index (χ2v) is 4.61. The van der Waals surface area contributed by atoms with E-state index >= 15 is 0 Å². The molecule has 0 aliphatic rings. The van der Waals surface area contributed by atoms with Crippen LogP contribution < -0.4 is 5.32 Å². The Hall–Kier alpha value is -1.95. The predicted octanol–water partition coefficient (Wildman–Crippen LogP) is 2.52. The first-order valence-corrected chi connectivity index (χ1v) is 6.16. The van der Waals surface area contributed by atoms with Crippen molar-refractivity contribution in [2.75, 3.05) is 5.32 Å². The van der Waals surface area contributed by atoms with E-state index in [1.807, 2.05) is 0 Å². The van der Waals surface area contributed by atoms with Gasteiger partial charge in [-0.1, -0.05) is 0 Å². The molecule has 6 heteroatoms. The third-order valence-corrected chi connectivity index (χ3v) is 3.12. The molecule has 1 aromatic heterocycles. The van der Waals surface area contributed by atoms with Crippen LogP contribution in [0.5, 0.6) is 0 Å². The summed E-state index contributed by atoms with van der Waals surface area (Å²) in [5.41, 5.74) is 1.36. The van der Waals surface area contributed by atoms with Crippen LogP contribution in [-0.4, -0.2) is 16.1 Å². The normalized spacial score (nSPS) is 10.3. The molecule has 1 heterocycles. The third kappa shape index (κ3) is 3.53. The van der Waals surface area contributed by atoms with Gasteiger partial charge < -0.3 is 10.4 Å². The number of aromatic nitrogens is 1. The van der Waals surface area contributed by atoms with Crippen molar-refractivity contribution in [3.63, 3.8) is 0 Å². The number of thiazole rings is 1. The highest BCUT2D eigenvalue weighted by Crippen LogP contribution is 2.14. The zero-order valence-electron chi connectivity index (χ0n) is 9.39. The second kappa shape index (κ2) is 5.59. The Morgan fingerprint density at radius 2 is 2.11 bits per heavy atom. The molecular weight excluding hydrogens is 255 g/mol. The standard InChI is InChI=1S/C12H11FN2O2S/c13-8-1-3-9(4-2-8)14-6-11-15-10(7-18-11)5-12(16)17/h1-4,7,14H,5-6H2,(H,16,17). The van der Waals surface area contributed by atoms with Crippen molar-refractivity contribution >= 4 is 23.0 Å². The number of hydrogen-bond acceptors (Lipinski definition) is 4. The summed E-state index contributed by atoms with van der Waals surface area (Å²) in [5.74, 6) is -1.17. The smallest absolute Gasteiger partial charge is 0.309 e. The minimum Gasteiger partial charge on any atom is -0.481 e. The third-order valence-electron chi connectivity index (χ3n) is 2.22. The largest absolute Gasteiger partial charge is 0.481 e. The molecular formula is C12H11FN2O2S. The zero-order valence-corrected chi connectivity index (χ0v) is 10.2. The van der Waals surface area contributed by atoms with Crippen LogP contribution in [-0.2, 0) is 17.8 Å². The lowest BCUT2D eigenvalue weighted by Gasteiger charge is -2.03. The van der Waals surface area contributed by atoms with Gasteiger partial charge in [-0.15, -0.1) is 11.3 Å². The molecule has 0 aliphatic heterocycles. The molecule has 2 aromatic rings. The molecule has 0 atom stereocenters. The van der Waals surface area contributed by atoms with Crippen LogP contribution >= 0.6 is 11.3 Å². The van der Waals surface area contributed by atoms with Crippen molar-refractivity contribution in [3.05, 3.63) is 46.2 Å². The fourth-order valence-corrected chi connectivity index (χ4v) is 2.15. The molecule has 2 rings (SSSR count). The van der Waals surface area contributed by atoms with Crippen LogP contribution in [0.4, 0.5) is 10.1 Å². The molecule has 0 amide bonds. The molecule has 0 saturated carbocycles. The summed E-state index contributed by atoms with van der Waals surface area (Å²) in [6, 6.07) is 6.03. The first kappa shape index (κ1) is 12.5. The molecule has 94 valence electrons. The summed E-state index contributed by atoms with van der Waals surface area (Å²) >= 11 is 1.40. The van der Waals surface area contributed by atoms with E-state index in [4.69, 9.17) is 5.11 Å². The Morgan fingerprint density at radius 3 is 2.78 bits per heavy atom. The quantitative estimate of drug-likeness (QED) is 0.873. The maximum atomic E-state index is 12.7. The molecule has 0 aliphatic carbocycles. The fraction of sp³-hybridized carbons (Fsp3) is 0.167. The summed E-state index contributed by atoms with van der Waals surface area (Å²) < 4.78 is 12.7. The van der Waals surface area contributed by atoms with Gasteiger partial charge in [0, 0.05) is 11.1 Å². The second-order valence-electron chi connectivity index (χ2n) is 3.66. The van der Waals surface area contributed by atoms with Crippen LogP contribution in [0.15, 0.2) is 29.6 Å². The predicted molar refractivity (Wildman–Crippen MR) is 67.2 cm³/mol. The summed E-state index contributed by atoms with van der Waals surface area (Å²) in [5, 5.41) is 14.2. The summed E-state index contributed by atoms with van der Waals surface area (Å²) in [6.07, 6.45) is -0.0625. The topological polar surface area (TPSA) is 62.2 Å². The van der Waals surface area contributed by atoms with Gasteiger partial charge in [0.05, 0.1) is 18.7 Å². The van der Waals surface area contributed by atoms with Crippen LogP contribution in [0.3, 0.4) is 0 Å². The van der Waals surface area contributed by atoms with E-state index in [-0.39, 0.29) is 12.2 Å². The maximum absolute atomic E-state index is 12.7. The van der Waals surface area contributed by atoms with Crippen molar-refractivity contribution in [2.45, 2.75) is 13.0 Å². The lowest BCUT2D eigenvalue weighted by molar-refractivity contribution is -0.136. The van der Waals surface area contributed by atoms with Gasteiger partial charge in [-0.3, -0.25) is 4.79 Å². The van der Waals surface area contributed by atoms with E-state index in [0.29, 0.717) is 12.2 Å². The van der Waals surface area contributed by atoms with Gasteiger partial charge in [0.25, 0.3) is 0 Å². The highest BCUT2D eigenvalue weighted by atomic mass is 32.1. The number of carbonyl (C=O) groups is 1. The van der Waals surface area contributed by atoms with E-state index in [1.54, 1.807) is 17.5 Å². The van der Waals surface area contributed by atoms with E-state index in [1.165, 1.54) is 23.5 Å². The number of anilines is 1. The fourth-order valence-electron chi connectivity index (χ4n) is 1.41. The Balaban J connectivity index is 1.92. The summed E-state index contributed by atoms with van der Waals surface area (Å²) in [6.45, 7) is 0.496. The average Bonchev–Trinajstić information content (AvgIpc) is 2.75. The lowest BCUT2D eigenvalue weighted by Crippen LogP contribution is -2.02. The molecule has 0 saturated heterocycles. The number of halogens is 1. The highest BCUT2D eigenvalue weighted by Gasteiger charge is 2.05. The highest BCUT2D eigenvalue weighted by molar-refractivity contribution is 7.09. The molecule has 18 heavy (non-hydrogen) atoms. The van der Waals surface area contributed by atoms with Crippen LogP contribution in [0.25, 0.3) is 0 Å². The molecule has 0 unspecified atom stereocenters. The van der Waals surface area contributed by atoms with Crippen LogP contribution in [0, 0.1) is 5.82 Å². The van der Waals surface area contributed by atoms with Crippen LogP contribution in [0.2, 0.25) is 0 Å². The minimum atomic E-state index is -0.890. The van der Waals surface area contributed by atoms with E-state index in [9.17, 15) is 9.18 Å². The van der Waals surface area contributed by atoms with Gasteiger partial charge in [-0.05, 0) is 24.3 Å². The van der Waals surface area contributed by atoms with E-state index in [0.717, 1.165) is 10.7 Å². The first-order chi connectivity index (χ1) is 8.63. The van der Waals surface area contributed by atoms with Gasteiger partial charge in [0.1, 0.15) is 10.8 Å². The molecule has 0 radical (unpaired) electrons. The Kier molecular flexibility index (Phi) is 3.88. The molecule has 0 bridgehead atoms. The average molecular weight is 266 g/mol. The van der Waals surface area contributed by atoms with Gasteiger partial charge >= 0.3 is 5.97 Å². The van der Waals surface area contributed by atoms with Crippen LogP contribution in [0.1, 0.15) is 10.7 Å². The van der Waals surface area contributed by atoms with Crippen molar-refractivity contribution in [1.82, 2.24) is 4.98 Å². The lowest BCUT2D eigenvalue weighted by atomic mass is 10.3. The maximum Gasteiger partial charge on any atom is 0.309 e. The Labute approximate surface area is 107 Å². The number of carboxylic acids is 1. The first-order valence-electron chi connectivity index (χ1n) is 5.28. The minimum absolute atomic E-state index is 0.0625. The van der Waals surface area contributed by atoms with Gasteiger partial charge in [0.2, 0.25) is 0 Å². The molecule has 1 aromatic carbocycles. The zero-order chi connectivity index (χ0) is 13.0. The van der Waals surface area contributed by atoms with Gasteiger partial charge in [-0.2, -0.15) is 0 Å². The van der Waals surface area contributed by atoms with E-state index in [2.05, 4.69) is 10.3 Å². The number of nitrogens with one attached hydrogen (secondary N) is 1. The van der Waals surface area contributed by atoms with Crippen molar-refractivity contribution in [1.29, 1.82) is 0 Å².